The Labute approximate surface area is 165 Å². The maximum atomic E-state index is 11.2. The van der Waals surface area contributed by atoms with E-state index in [9.17, 15) is 40.5 Å². The molecule has 0 unspecified atom stereocenters. The Kier molecular flexibility index (Phi) is 5.41. The van der Waals surface area contributed by atoms with Crippen molar-refractivity contribution in [1.82, 2.24) is 0 Å². The van der Waals surface area contributed by atoms with Crippen LogP contribution >= 0.6 is 0 Å². The average Bonchev–Trinajstić information content (AvgIpc) is 2.64. The normalized spacial score (nSPS) is 13.6. The lowest BCUT2D eigenvalue weighted by molar-refractivity contribution is -0.304. The van der Waals surface area contributed by atoms with E-state index in [-0.39, 0.29) is 50.6 Å². The van der Waals surface area contributed by atoms with Gasteiger partial charge < -0.3 is 40.5 Å². The van der Waals surface area contributed by atoms with E-state index in [1.54, 1.807) is 6.92 Å². The van der Waals surface area contributed by atoms with Crippen LogP contribution in [-0.4, -0.2) is 42.7 Å². The van der Waals surface area contributed by atoms with E-state index >= 15 is 0 Å². The topological polar surface area (TPSA) is 162 Å². The van der Waals surface area contributed by atoms with Gasteiger partial charge >= 0.3 is 0 Å². The summed E-state index contributed by atoms with van der Waals surface area (Å²) in [6.45, 7) is 1.69. The summed E-state index contributed by atoms with van der Waals surface area (Å²) in [5.74, 6) is -3.37. The molecule has 0 aliphatic heterocycles. The summed E-state index contributed by atoms with van der Waals surface area (Å²) in [6.07, 6.45) is -2.87. The zero-order valence-electron chi connectivity index (χ0n) is 15.6. The third-order valence-corrected chi connectivity index (χ3v) is 5.09. The van der Waals surface area contributed by atoms with Gasteiger partial charge in [0.2, 0.25) is 0 Å². The van der Waals surface area contributed by atoms with Gasteiger partial charge in [0.15, 0.2) is 0 Å². The first-order valence-corrected chi connectivity index (χ1v) is 9.07. The molecule has 2 atom stereocenters. The number of carbonyl (C=O) groups is 1. The highest BCUT2D eigenvalue weighted by Crippen LogP contribution is 2.50. The number of phenols is 4. The minimum Gasteiger partial charge on any atom is -0.550 e. The standard InChI is InChI=1S/C21H22O8/c1-2-10(22)8-14(24)16-9(7-15(25)26)6-12-18(20(16)28)21(29)17-11(19(12)27)4-3-5-13(17)23/h3-6,10,14,22-24,27-29H,2,7-8H2,1H3,(H,25,26)/p-1/t10-,14+/m0/s1. The second-order valence-corrected chi connectivity index (χ2v) is 6.98. The zero-order chi connectivity index (χ0) is 21.5. The van der Waals surface area contributed by atoms with Gasteiger partial charge in [0.05, 0.1) is 23.0 Å². The molecule has 6 N–H and O–H groups in total. The van der Waals surface area contributed by atoms with Crippen molar-refractivity contribution in [1.29, 1.82) is 0 Å². The van der Waals surface area contributed by atoms with Crippen LogP contribution in [-0.2, 0) is 11.2 Å². The molecule has 8 heteroatoms. The van der Waals surface area contributed by atoms with Crippen LogP contribution in [0.5, 0.6) is 23.0 Å². The molecule has 3 aromatic carbocycles. The number of aliphatic hydroxyl groups is 2. The van der Waals surface area contributed by atoms with Gasteiger partial charge in [-0.3, -0.25) is 0 Å². The molecule has 0 bridgehead atoms. The van der Waals surface area contributed by atoms with Crippen LogP contribution < -0.4 is 5.11 Å². The molecule has 8 nitrogen and oxygen atoms in total. The Morgan fingerprint density at radius 1 is 1.00 bits per heavy atom. The zero-order valence-corrected chi connectivity index (χ0v) is 15.6. The fourth-order valence-electron chi connectivity index (χ4n) is 3.64. The highest BCUT2D eigenvalue weighted by atomic mass is 16.4. The largest absolute Gasteiger partial charge is 0.550 e. The summed E-state index contributed by atoms with van der Waals surface area (Å²) in [5, 5.41) is 73.6. The second kappa shape index (κ2) is 7.65. The number of carboxylic acids is 1. The van der Waals surface area contributed by atoms with E-state index in [0.717, 1.165) is 0 Å². The molecule has 0 fully saturated rings. The summed E-state index contributed by atoms with van der Waals surface area (Å²) >= 11 is 0. The van der Waals surface area contributed by atoms with Gasteiger partial charge in [0, 0.05) is 35.1 Å². The van der Waals surface area contributed by atoms with E-state index in [0.29, 0.717) is 6.42 Å². The average molecular weight is 401 g/mol. The lowest BCUT2D eigenvalue weighted by Gasteiger charge is -2.22. The number of fused-ring (bicyclic) bond motifs is 2. The van der Waals surface area contributed by atoms with Crippen LogP contribution in [0.1, 0.15) is 37.0 Å². The molecular weight excluding hydrogens is 380 g/mol. The lowest BCUT2D eigenvalue weighted by atomic mass is 9.89. The molecule has 0 amide bonds. The first-order chi connectivity index (χ1) is 13.7. The van der Waals surface area contributed by atoms with Gasteiger partial charge in [-0.1, -0.05) is 19.1 Å². The molecule has 3 rings (SSSR count). The van der Waals surface area contributed by atoms with Crippen LogP contribution in [0, 0.1) is 0 Å². The summed E-state index contributed by atoms with van der Waals surface area (Å²) < 4.78 is 0. The first-order valence-electron chi connectivity index (χ1n) is 9.07. The van der Waals surface area contributed by atoms with Gasteiger partial charge in [-0.15, -0.1) is 0 Å². The van der Waals surface area contributed by atoms with Crippen LogP contribution in [0.25, 0.3) is 21.5 Å². The fourth-order valence-corrected chi connectivity index (χ4v) is 3.64. The number of carbonyl (C=O) groups excluding carboxylic acids is 1. The van der Waals surface area contributed by atoms with E-state index in [2.05, 4.69) is 0 Å². The molecule has 0 heterocycles. The summed E-state index contributed by atoms with van der Waals surface area (Å²) in [5.41, 5.74) is -0.223. The molecule has 0 spiro atoms. The molecule has 0 aromatic heterocycles. The maximum absolute atomic E-state index is 11.2. The monoisotopic (exact) mass is 401 g/mol. The minimum absolute atomic E-state index is 0.0278. The summed E-state index contributed by atoms with van der Waals surface area (Å²) in [7, 11) is 0. The lowest BCUT2D eigenvalue weighted by Crippen LogP contribution is -2.25. The van der Waals surface area contributed by atoms with E-state index < -0.39 is 36.1 Å². The SMILES string of the molecule is CC[C@H](O)C[C@@H](O)c1c(CC(=O)[O-])cc2c(O)c3cccc(O)c3c(O)c2c1O. The van der Waals surface area contributed by atoms with Crippen molar-refractivity contribution in [2.75, 3.05) is 0 Å². The number of hydrogen-bond acceptors (Lipinski definition) is 8. The van der Waals surface area contributed by atoms with Crippen LogP contribution in [0.15, 0.2) is 24.3 Å². The molecule has 154 valence electrons. The molecule has 29 heavy (non-hydrogen) atoms. The number of phenolic OH excluding ortho intramolecular Hbond substituents is 4. The van der Waals surface area contributed by atoms with Gasteiger partial charge in [-0.25, -0.2) is 0 Å². The fraction of sp³-hybridized carbons (Fsp3) is 0.286. The third-order valence-electron chi connectivity index (χ3n) is 5.09. The summed E-state index contributed by atoms with van der Waals surface area (Å²) in [4.78, 5) is 11.2. The number of rotatable bonds is 6. The van der Waals surface area contributed by atoms with Crippen molar-refractivity contribution >= 4 is 27.5 Å². The van der Waals surface area contributed by atoms with Crippen molar-refractivity contribution in [3.63, 3.8) is 0 Å². The van der Waals surface area contributed by atoms with Crippen molar-refractivity contribution < 1.29 is 40.5 Å². The van der Waals surface area contributed by atoms with E-state index in [1.165, 1.54) is 24.3 Å². The number of aromatic hydroxyl groups is 4. The second-order valence-electron chi connectivity index (χ2n) is 6.98. The van der Waals surface area contributed by atoms with Gasteiger partial charge in [-0.05, 0) is 24.1 Å². The molecule has 0 radical (unpaired) electrons. The molecule has 0 saturated carbocycles. The predicted molar refractivity (Wildman–Crippen MR) is 103 cm³/mol. The Morgan fingerprint density at radius 3 is 2.31 bits per heavy atom. The van der Waals surface area contributed by atoms with Crippen molar-refractivity contribution in [3.05, 3.63) is 35.4 Å². The Morgan fingerprint density at radius 2 is 1.69 bits per heavy atom. The molecule has 0 aliphatic carbocycles. The maximum Gasteiger partial charge on any atom is 0.138 e. The Bertz CT molecular complexity index is 1110. The van der Waals surface area contributed by atoms with Crippen LogP contribution in [0.4, 0.5) is 0 Å². The molecule has 0 saturated heterocycles. The van der Waals surface area contributed by atoms with E-state index in [1.807, 2.05) is 0 Å². The molecular formula is C21H21O8-. The van der Waals surface area contributed by atoms with Crippen molar-refractivity contribution in [3.8, 4) is 23.0 Å². The van der Waals surface area contributed by atoms with Crippen LogP contribution in [0.2, 0.25) is 0 Å². The van der Waals surface area contributed by atoms with Gasteiger partial charge in [0.25, 0.3) is 0 Å². The smallest absolute Gasteiger partial charge is 0.138 e. The van der Waals surface area contributed by atoms with Crippen molar-refractivity contribution in [2.45, 2.75) is 38.4 Å². The number of aliphatic hydroxyl groups excluding tert-OH is 2. The Balaban J connectivity index is 2.42. The third kappa shape index (κ3) is 3.48. The van der Waals surface area contributed by atoms with Crippen LogP contribution in [0.3, 0.4) is 0 Å². The molecule has 0 aliphatic rings. The number of aliphatic carboxylic acids is 1. The summed E-state index contributed by atoms with van der Waals surface area (Å²) in [6, 6.07) is 5.43. The predicted octanol–water partition coefficient (Wildman–Crippen LogP) is 1.30. The first kappa shape index (κ1) is 20.5. The highest BCUT2D eigenvalue weighted by Gasteiger charge is 2.26. The van der Waals surface area contributed by atoms with Gasteiger partial charge in [0.1, 0.15) is 23.0 Å². The molecule has 3 aromatic rings. The number of carboxylic acid groups (broad SMARTS) is 1. The highest BCUT2D eigenvalue weighted by molar-refractivity contribution is 6.15. The number of benzene rings is 3. The van der Waals surface area contributed by atoms with Gasteiger partial charge in [-0.2, -0.15) is 0 Å². The van der Waals surface area contributed by atoms with E-state index in [4.69, 9.17) is 0 Å². The minimum atomic E-state index is -1.48. The number of hydrogen-bond donors (Lipinski definition) is 6. The quantitative estimate of drug-likeness (QED) is 0.266. The van der Waals surface area contributed by atoms with Crippen molar-refractivity contribution in [2.24, 2.45) is 0 Å². The Hall–Kier alpha value is -3.23.